The van der Waals surface area contributed by atoms with Gasteiger partial charge in [0.2, 0.25) is 5.43 Å². The molecule has 1 aliphatic carbocycles. The summed E-state index contributed by atoms with van der Waals surface area (Å²) in [5, 5.41) is 12.6. The van der Waals surface area contributed by atoms with Crippen molar-refractivity contribution in [3.8, 4) is 28.2 Å². The number of hydrogen-bond donors (Lipinski definition) is 1. The van der Waals surface area contributed by atoms with Crippen molar-refractivity contribution in [1.29, 1.82) is 0 Å². The molecule has 0 saturated heterocycles. The molecule has 0 atom stereocenters. The number of ketones is 1. The number of fused-ring (bicyclic) bond motifs is 2. The lowest BCUT2D eigenvalue weighted by atomic mass is 9.89. The maximum Gasteiger partial charge on any atom is 0.373 e. The van der Waals surface area contributed by atoms with Crippen LogP contribution in [0.1, 0.15) is 64.5 Å². The van der Waals surface area contributed by atoms with Crippen LogP contribution >= 0.6 is 23.2 Å². The van der Waals surface area contributed by atoms with E-state index in [1.807, 2.05) is 111 Å². The Morgan fingerprint density at radius 2 is 1.15 bits per heavy atom. The summed E-state index contributed by atoms with van der Waals surface area (Å²) in [6.07, 6.45) is 7.58. The molecule has 0 bridgehead atoms. The highest BCUT2D eigenvalue weighted by Gasteiger charge is 2.29. The van der Waals surface area contributed by atoms with E-state index in [0.717, 1.165) is 22.8 Å². The lowest BCUT2D eigenvalue weighted by molar-refractivity contribution is -0.191. The van der Waals surface area contributed by atoms with Crippen LogP contribution in [0.3, 0.4) is 0 Å². The largest absolute Gasteiger partial charge is 0.506 e. The standard InChI is InChI=1S/C50H44Cl2N6O4.CO2/c1-32(2)22-45(59)33-12-11-13-34(23-33)46-39-24-43(51)47(60)41(30-57(26-35-14-3-7-18-53-35)27-36-15-4-8-19-54-36)49(39)62-50-40(46)25-44(52)48(61)42(50)31-58(28-37-16-5-9-20-55-37)29-38-17-6-10-21-56-38;2-1-3/h3-21,23-25,32,60H,22,26-31H2,1-2H3;. The van der Waals surface area contributed by atoms with Crippen molar-refractivity contribution in [1.82, 2.24) is 29.7 Å². The summed E-state index contributed by atoms with van der Waals surface area (Å²) in [4.78, 5) is 66.8. The van der Waals surface area contributed by atoms with Gasteiger partial charge >= 0.3 is 6.15 Å². The third-order valence-corrected chi connectivity index (χ3v) is 11.2. The molecule has 0 amide bonds. The van der Waals surface area contributed by atoms with Crippen LogP contribution in [0.25, 0.3) is 33.4 Å². The van der Waals surface area contributed by atoms with Crippen molar-refractivity contribution in [2.24, 2.45) is 5.92 Å². The molecule has 2 aromatic carbocycles. The zero-order chi connectivity index (χ0) is 45.9. The number of phenolic OH excluding ortho intramolecular Hbond substituents is 1. The van der Waals surface area contributed by atoms with E-state index in [1.54, 1.807) is 36.9 Å². The zero-order valence-corrected chi connectivity index (χ0v) is 37.2. The van der Waals surface area contributed by atoms with Gasteiger partial charge in [0.25, 0.3) is 0 Å². The second-order valence-electron chi connectivity index (χ2n) is 15.8. The molecule has 14 heteroatoms. The Morgan fingerprint density at radius 1 is 0.662 bits per heavy atom. The molecule has 1 N–H and O–H groups in total. The highest BCUT2D eigenvalue weighted by molar-refractivity contribution is 6.33. The normalized spacial score (nSPS) is 11.2. The Bertz CT molecular complexity index is 2870. The number of carbonyl (C=O) groups is 1. The van der Waals surface area contributed by atoms with Crippen LogP contribution in [0.5, 0.6) is 5.75 Å². The van der Waals surface area contributed by atoms with E-state index in [4.69, 9.17) is 37.2 Å². The van der Waals surface area contributed by atoms with Gasteiger partial charge in [-0.2, -0.15) is 9.59 Å². The molecular weight excluding hydrogens is 864 g/mol. The number of nitrogens with zero attached hydrogens (tertiary/aromatic N) is 6. The van der Waals surface area contributed by atoms with Crippen molar-refractivity contribution < 1.29 is 23.9 Å². The maximum atomic E-state index is 14.5. The number of carbonyl (C=O) groups excluding carboxylic acids is 3. The molecule has 0 spiro atoms. The second kappa shape index (κ2) is 21.6. The Morgan fingerprint density at radius 3 is 1.62 bits per heavy atom. The minimum Gasteiger partial charge on any atom is -0.506 e. The highest BCUT2D eigenvalue weighted by Crippen LogP contribution is 2.47. The molecule has 1 aliphatic heterocycles. The number of rotatable bonds is 16. The van der Waals surface area contributed by atoms with Gasteiger partial charge in [0, 0.05) is 92.6 Å². The van der Waals surface area contributed by atoms with Crippen LogP contribution in [0, 0.1) is 5.92 Å². The van der Waals surface area contributed by atoms with E-state index >= 15 is 0 Å². The first-order chi connectivity index (χ1) is 31.5. The summed E-state index contributed by atoms with van der Waals surface area (Å²) in [6, 6.07) is 33.6. The molecule has 0 unspecified atom stereocenters. The summed E-state index contributed by atoms with van der Waals surface area (Å²) in [5.41, 5.74) is 6.31. The van der Waals surface area contributed by atoms with Gasteiger partial charge in [0.05, 0.1) is 43.9 Å². The molecule has 4 aromatic heterocycles. The van der Waals surface area contributed by atoms with Crippen LogP contribution in [0.15, 0.2) is 143 Å². The van der Waals surface area contributed by atoms with E-state index in [2.05, 4.69) is 29.7 Å². The average Bonchev–Trinajstić information content (AvgIpc) is 3.30. The van der Waals surface area contributed by atoms with Crippen LogP contribution < -0.4 is 5.43 Å². The predicted molar refractivity (Wildman–Crippen MR) is 248 cm³/mol. The molecule has 0 radical (unpaired) electrons. The fraction of sp³-hybridized carbons (Fsp3) is 0.196. The van der Waals surface area contributed by atoms with Gasteiger partial charge in [-0.25, -0.2) is 0 Å². The molecule has 8 rings (SSSR count). The topological polar surface area (TPSA) is 160 Å². The SMILES string of the molecule is CC(C)CC(=O)c1cccc(-c2c3cc(Cl)c(=O)c(CN(Cc4ccccn4)Cc4ccccn4)c-3oc3c(CN(Cc4ccccn4)Cc4ccccn4)c(O)c(Cl)cc23)c1.O=C=O. The monoisotopic (exact) mass is 906 g/mol. The number of phenols is 1. The number of Topliss-reactive ketones (excluding diaryl/α,β-unsaturated/α-hetero) is 1. The fourth-order valence-corrected chi connectivity index (χ4v) is 8.24. The van der Waals surface area contributed by atoms with Crippen molar-refractivity contribution in [3.05, 3.63) is 194 Å². The van der Waals surface area contributed by atoms with E-state index in [9.17, 15) is 14.7 Å². The van der Waals surface area contributed by atoms with Crippen LogP contribution in [-0.2, 0) is 48.9 Å². The third kappa shape index (κ3) is 11.4. The Balaban J connectivity index is 0.00000204. The van der Waals surface area contributed by atoms with E-state index in [0.29, 0.717) is 76.9 Å². The second-order valence-corrected chi connectivity index (χ2v) is 16.7. The molecule has 328 valence electrons. The number of halogens is 2. The average molecular weight is 908 g/mol. The fourth-order valence-electron chi connectivity index (χ4n) is 7.80. The molecule has 6 aromatic rings. The molecule has 0 fully saturated rings. The van der Waals surface area contributed by atoms with Crippen LogP contribution in [0.2, 0.25) is 10.0 Å². The minimum absolute atomic E-state index is 0.00683. The van der Waals surface area contributed by atoms with E-state index < -0.39 is 5.43 Å². The van der Waals surface area contributed by atoms with Crippen molar-refractivity contribution in [2.75, 3.05) is 0 Å². The van der Waals surface area contributed by atoms with Gasteiger partial charge in [-0.05, 0) is 78.2 Å². The number of aromatic nitrogens is 4. The molecule has 12 nitrogen and oxygen atoms in total. The van der Waals surface area contributed by atoms with Gasteiger partial charge in [0.15, 0.2) is 5.78 Å². The van der Waals surface area contributed by atoms with Crippen molar-refractivity contribution in [2.45, 2.75) is 59.5 Å². The molecular formula is C51H44Cl2N6O6. The predicted octanol–water partition coefficient (Wildman–Crippen LogP) is 10.2. The summed E-state index contributed by atoms with van der Waals surface area (Å²) in [6.45, 7) is 5.90. The molecule has 0 saturated carbocycles. The zero-order valence-electron chi connectivity index (χ0n) is 35.7. The summed E-state index contributed by atoms with van der Waals surface area (Å²) < 4.78 is 7.02. The van der Waals surface area contributed by atoms with Gasteiger partial charge in [0.1, 0.15) is 17.1 Å². The van der Waals surface area contributed by atoms with E-state index in [-0.39, 0.29) is 52.5 Å². The molecule has 2 aliphatic rings. The minimum atomic E-state index is -0.396. The van der Waals surface area contributed by atoms with Gasteiger partial charge in [-0.15, -0.1) is 0 Å². The first-order valence-electron chi connectivity index (χ1n) is 20.8. The summed E-state index contributed by atoms with van der Waals surface area (Å²) in [5.74, 6) is 0.292. The Hall–Kier alpha value is -6.92. The van der Waals surface area contributed by atoms with Crippen molar-refractivity contribution in [3.63, 3.8) is 0 Å². The van der Waals surface area contributed by atoms with E-state index in [1.165, 1.54) is 0 Å². The number of pyridine rings is 4. The number of benzene rings is 3. The molecule has 65 heavy (non-hydrogen) atoms. The third-order valence-electron chi connectivity index (χ3n) is 10.6. The van der Waals surface area contributed by atoms with Crippen molar-refractivity contribution >= 4 is 46.1 Å². The Kier molecular flexibility index (Phi) is 15.3. The van der Waals surface area contributed by atoms with Gasteiger partial charge in [-0.1, -0.05) is 79.5 Å². The quantitative estimate of drug-likeness (QED) is 0.0723. The molecule has 5 heterocycles. The van der Waals surface area contributed by atoms with Gasteiger partial charge in [-0.3, -0.25) is 39.3 Å². The summed E-state index contributed by atoms with van der Waals surface area (Å²) >= 11 is 13.9. The Labute approximate surface area is 385 Å². The lowest BCUT2D eigenvalue weighted by Gasteiger charge is -2.26. The lowest BCUT2D eigenvalue weighted by Crippen LogP contribution is -2.27. The first-order valence-corrected chi connectivity index (χ1v) is 21.6. The van der Waals surface area contributed by atoms with Crippen LogP contribution in [0.4, 0.5) is 0 Å². The maximum absolute atomic E-state index is 14.5. The smallest absolute Gasteiger partial charge is 0.373 e. The number of hydrogen-bond acceptors (Lipinski definition) is 12. The first kappa shape index (κ1) is 46.1. The summed E-state index contributed by atoms with van der Waals surface area (Å²) in [7, 11) is 0. The highest BCUT2D eigenvalue weighted by atomic mass is 35.5. The van der Waals surface area contributed by atoms with Crippen LogP contribution in [-0.4, -0.2) is 46.8 Å². The van der Waals surface area contributed by atoms with Gasteiger partial charge < -0.3 is 9.52 Å². The number of aromatic hydroxyl groups is 1.